The van der Waals surface area contributed by atoms with Crippen LogP contribution in [0.4, 0.5) is 4.39 Å². The first-order chi connectivity index (χ1) is 8.17. The number of nitrogens with two attached hydrogens (primary N) is 1. The lowest BCUT2D eigenvalue weighted by molar-refractivity contribution is 0.410. The monoisotopic (exact) mass is 237 g/mol. The maximum atomic E-state index is 13.2. The van der Waals surface area contributed by atoms with Gasteiger partial charge >= 0.3 is 0 Å². The second-order valence-electron chi connectivity index (χ2n) is 4.12. The highest BCUT2D eigenvalue weighted by Crippen LogP contribution is 2.18. The predicted molar refractivity (Wildman–Crippen MR) is 64.4 cm³/mol. The molecule has 1 aliphatic rings. The van der Waals surface area contributed by atoms with Crippen LogP contribution in [0.15, 0.2) is 23.2 Å². The van der Waals surface area contributed by atoms with Crippen LogP contribution in [0.25, 0.3) is 0 Å². The molecule has 3 N–H and O–H groups in total. The number of hydrogen-bond acceptors (Lipinski definition) is 2. The lowest BCUT2D eigenvalue weighted by Crippen LogP contribution is -2.33. The van der Waals surface area contributed by atoms with E-state index in [4.69, 9.17) is 10.5 Å². The van der Waals surface area contributed by atoms with E-state index in [0.717, 1.165) is 18.4 Å². The number of nitrogens with one attached hydrogen (secondary N) is 1. The van der Waals surface area contributed by atoms with Crippen LogP contribution < -0.4 is 15.8 Å². The Morgan fingerprint density at radius 3 is 2.94 bits per heavy atom. The van der Waals surface area contributed by atoms with Gasteiger partial charge in [0.15, 0.2) is 5.96 Å². The molecule has 0 spiro atoms. The third-order valence-corrected chi connectivity index (χ3v) is 2.53. The molecule has 1 saturated carbocycles. The highest BCUT2D eigenvalue weighted by Gasteiger charge is 2.21. The van der Waals surface area contributed by atoms with Crippen LogP contribution in [0, 0.1) is 5.82 Å². The Labute approximate surface area is 99.7 Å². The fourth-order valence-corrected chi connectivity index (χ4v) is 1.49. The molecule has 92 valence electrons. The molecule has 4 nitrogen and oxygen atoms in total. The van der Waals surface area contributed by atoms with Gasteiger partial charge in [0.25, 0.3) is 0 Å². The number of rotatable bonds is 4. The van der Waals surface area contributed by atoms with Gasteiger partial charge in [0.05, 0.1) is 13.7 Å². The first-order valence-electron chi connectivity index (χ1n) is 5.57. The summed E-state index contributed by atoms with van der Waals surface area (Å²) in [5.41, 5.74) is 6.42. The molecule has 0 atom stereocenters. The van der Waals surface area contributed by atoms with E-state index in [-0.39, 0.29) is 5.82 Å². The van der Waals surface area contributed by atoms with Gasteiger partial charge in [-0.25, -0.2) is 9.38 Å². The Morgan fingerprint density at radius 2 is 2.29 bits per heavy atom. The maximum absolute atomic E-state index is 13.2. The Kier molecular flexibility index (Phi) is 3.46. The molecule has 2 rings (SSSR count). The minimum atomic E-state index is -0.330. The number of aliphatic imine (C=N–C) groups is 1. The van der Waals surface area contributed by atoms with Gasteiger partial charge in [-0.1, -0.05) is 0 Å². The van der Waals surface area contributed by atoms with Crippen LogP contribution in [0.2, 0.25) is 0 Å². The van der Waals surface area contributed by atoms with Crippen LogP contribution in [0.1, 0.15) is 18.4 Å². The van der Waals surface area contributed by atoms with Gasteiger partial charge in [-0.15, -0.1) is 0 Å². The Morgan fingerprint density at radius 1 is 1.53 bits per heavy atom. The van der Waals surface area contributed by atoms with Gasteiger partial charge in [-0.05, 0) is 30.5 Å². The van der Waals surface area contributed by atoms with Crippen LogP contribution in [0.3, 0.4) is 0 Å². The van der Waals surface area contributed by atoms with Crippen LogP contribution >= 0.6 is 0 Å². The predicted octanol–water partition coefficient (Wildman–Crippen LogP) is 1.40. The second kappa shape index (κ2) is 5.03. The van der Waals surface area contributed by atoms with Gasteiger partial charge in [0.2, 0.25) is 0 Å². The maximum Gasteiger partial charge on any atom is 0.189 e. The minimum absolute atomic E-state index is 0.330. The normalized spacial score (nSPS) is 15.8. The van der Waals surface area contributed by atoms with Gasteiger partial charge in [0, 0.05) is 12.1 Å². The highest BCUT2D eigenvalue weighted by molar-refractivity contribution is 5.78. The quantitative estimate of drug-likeness (QED) is 0.614. The number of guanidine groups is 1. The zero-order valence-electron chi connectivity index (χ0n) is 9.74. The second-order valence-corrected chi connectivity index (χ2v) is 4.12. The molecule has 0 saturated heterocycles. The lowest BCUT2D eigenvalue weighted by Gasteiger charge is -2.05. The molecular weight excluding hydrogens is 221 g/mol. The molecule has 1 aliphatic carbocycles. The first-order valence-corrected chi connectivity index (χ1v) is 5.57. The smallest absolute Gasteiger partial charge is 0.189 e. The molecule has 0 aliphatic heterocycles. The van der Waals surface area contributed by atoms with Crippen molar-refractivity contribution in [1.82, 2.24) is 5.32 Å². The van der Waals surface area contributed by atoms with Crippen molar-refractivity contribution < 1.29 is 9.13 Å². The summed E-state index contributed by atoms with van der Waals surface area (Å²) < 4.78 is 18.2. The third kappa shape index (κ3) is 3.62. The number of methoxy groups -OCH3 is 1. The van der Waals surface area contributed by atoms with E-state index in [9.17, 15) is 4.39 Å². The summed E-state index contributed by atoms with van der Waals surface area (Å²) in [5, 5.41) is 3.07. The Hall–Kier alpha value is -1.78. The van der Waals surface area contributed by atoms with Crippen molar-refractivity contribution in [3.05, 3.63) is 29.6 Å². The fraction of sp³-hybridized carbons (Fsp3) is 0.417. The molecule has 0 amide bonds. The molecule has 0 radical (unpaired) electrons. The molecule has 1 aromatic rings. The standard InChI is InChI=1S/C12H16FN3O/c1-17-11-5-8(4-9(13)6-11)7-15-12(14)16-10-2-3-10/h4-6,10H,2-3,7H2,1H3,(H3,14,15,16). The average molecular weight is 237 g/mol. The van der Waals surface area contributed by atoms with Gasteiger partial charge in [-0.3, -0.25) is 0 Å². The first kappa shape index (κ1) is 11.7. The SMILES string of the molecule is COc1cc(F)cc(CN=C(N)NC2CC2)c1. The van der Waals surface area contributed by atoms with Gasteiger partial charge in [0.1, 0.15) is 11.6 Å². The zero-order chi connectivity index (χ0) is 12.3. The van der Waals surface area contributed by atoms with E-state index in [1.54, 1.807) is 6.07 Å². The summed E-state index contributed by atoms with van der Waals surface area (Å²) in [7, 11) is 1.50. The van der Waals surface area contributed by atoms with Gasteiger partial charge in [-0.2, -0.15) is 0 Å². The fourth-order valence-electron chi connectivity index (χ4n) is 1.49. The van der Waals surface area contributed by atoms with Crippen molar-refractivity contribution in [2.75, 3.05) is 7.11 Å². The van der Waals surface area contributed by atoms with E-state index in [2.05, 4.69) is 10.3 Å². The molecule has 0 aromatic heterocycles. The van der Waals surface area contributed by atoms with E-state index in [1.165, 1.54) is 19.2 Å². The number of ether oxygens (including phenoxy) is 1. The van der Waals surface area contributed by atoms with Gasteiger partial charge < -0.3 is 15.8 Å². The number of hydrogen-bond donors (Lipinski definition) is 2. The molecule has 1 aromatic carbocycles. The topological polar surface area (TPSA) is 59.6 Å². The van der Waals surface area contributed by atoms with Crippen LogP contribution in [-0.2, 0) is 6.54 Å². The summed E-state index contributed by atoms with van der Waals surface area (Å²) in [6.07, 6.45) is 2.29. The zero-order valence-corrected chi connectivity index (χ0v) is 9.74. The molecule has 1 fully saturated rings. The molecule has 5 heteroatoms. The number of benzene rings is 1. The van der Waals surface area contributed by atoms with Crippen LogP contribution in [0.5, 0.6) is 5.75 Å². The Bertz CT molecular complexity index is 430. The summed E-state index contributed by atoms with van der Waals surface area (Å²) in [6, 6.07) is 4.98. The largest absolute Gasteiger partial charge is 0.497 e. The highest BCUT2D eigenvalue weighted by atomic mass is 19.1. The van der Waals surface area contributed by atoms with Crippen molar-refractivity contribution in [3.8, 4) is 5.75 Å². The van der Waals surface area contributed by atoms with Crippen molar-refractivity contribution >= 4 is 5.96 Å². The summed E-state index contributed by atoms with van der Waals surface area (Å²) in [5.74, 6) is 0.572. The van der Waals surface area contributed by atoms with E-state index < -0.39 is 0 Å². The number of halogens is 1. The minimum Gasteiger partial charge on any atom is -0.497 e. The summed E-state index contributed by atoms with van der Waals surface area (Å²) in [6.45, 7) is 0.347. The van der Waals surface area contributed by atoms with Crippen LogP contribution in [-0.4, -0.2) is 19.1 Å². The number of nitrogens with zero attached hydrogens (tertiary/aromatic N) is 1. The third-order valence-electron chi connectivity index (χ3n) is 2.53. The molecular formula is C12H16FN3O. The molecule has 0 heterocycles. The van der Waals surface area contributed by atoms with E-state index in [1.807, 2.05) is 0 Å². The summed E-state index contributed by atoms with van der Waals surface area (Å²) >= 11 is 0. The van der Waals surface area contributed by atoms with E-state index in [0.29, 0.717) is 24.3 Å². The van der Waals surface area contributed by atoms with Crippen molar-refractivity contribution in [2.24, 2.45) is 10.7 Å². The Balaban J connectivity index is 1.99. The summed E-state index contributed by atoms with van der Waals surface area (Å²) in [4.78, 5) is 4.15. The van der Waals surface area contributed by atoms with Crippen molar-refractivity contribution in [3.63, 3.8) is 0 Å². The van der Waals surface area contributed by atoms with Crippen molar-refractivity contribution in [1.29, 1.82) is 0 Å². The lowest BCUT2D eigenvalue weighted by atomic mass is 10.2. The average Bonchev–Trinajstić information content (AvgIpc) is 3.09. The van der Waals surface area contributed by atoms with E-state index >= 15 is 0 Å². The van der Waals surface area contributed by atoms with Crippen molar-refractivity contribution in [2.45, 2.75) is 25.4 Å². The molecule has 0 unspecified atom stereocenters. The molecule has 17 heavy (non-hydrogen) atoms. The molecule has 0 bridgehead atoms.